The van der Waals surface area contributed by atoms with Gasteiger partial charge in [0.1, 0.15) is 18.3 Å². The predicted octanol–water partition coefficient (Wildman–Crippen LogP) is -2.29. The van der Waals surface area contributed by atoms with Crippen LogP contribution in [0, 0.1) is 5.41 Å². The highest BCUT2D eigenvalue weighted by Crippen LogP contribution is 1.96. The molecule has 10 heavy (non-hydrogen) atoms. The zero-order valence-electron chi connectivity index (χ0n) is 5.31. The van der Waals surface area contributed by atoms with E-state index in [0.29, 0.717) is 6.21 Å². The van der Waals surface area contributed by atoms with E-state index in [-0.39, 0.29) is 0 Å². The minimum Gasteiger partial charge on any atom is -0.394 e. The van der Waals surface area contributed by atoms with Crippen molar-refractivity contribution in [2.45, 2.75) is 18.3 Å². The maximum atomic E-state index is 8.77. The van der Waals surface area contributed by atoms with Crippen molar-refractivity contribution in [1.82, 2.24) is 0 Å². The van der Waals surface area contributed by atoms with Crippen molar-refractivity contribution in [1.29, 1.82) is 5.41 Å². The monoisotopic (exact) mass is 149 g/mol. The van der Waals surface area contributed by atoms with E-state index in [0.717, 1.165) is 0 Å². The fourth-order valence-electron chi connectivity index (χ4n) is 0.434. The van der Waals surface area contributed by atoms with E-state index in [9.17, 15) is 0 Å². The van der Waals surface area contributed by atoms with Crippen molar-refractivity contribution in [3.8, 4) is 0 Å². The third-order valence-corrected chi connectivity index (χ3v) is 1.10. The van der Waals surface area contributed by atoms with E-state index < -0.39 is 24.9 Å². The topological polar surface area (TPSA) is 105 Å². The zero-order chi connectivity index (χ0) is 8.15. The van der Waals surface area contributed by atoms with Crippen molar-refractivity contribution in [2.75, 3.05) is 6.61 Å². The molecule has 0 radical (unpaired) electrons. The van der Waals surface area contributed by atoms with Crippen LogP contribution in [0.15, 0.2) is 0 Å². The normalized spacial score (nSPS) is 19.6. The molecule has 0 rings (SSSR count). The van der Waals surface area contributed by atoms with Crippen LogP contribution < -0.4 is 0 Å². The largest absolute Gasteiger partial charge is 0.394 e. The van der Waals surface area contributed by atoms with E-state index in [1.54, 1.807) is 0 Å². The van der Waals surface area contributed by atoms with Crippen molar-refractivity contribution < 1.29 is 20.4 Å². The summed E-state index contributed by atoms with van der Waals surface area (Å²) < 4.78 is 0. The second-order valence-corrected chi connectivity index (χ2v) is 1.90. The van der Waals surface area contributed by atoms with Crippen molar-refractivity contribution in [3.63, 3.8) is 0 Å². The Kier molecular flexibility index (Phi) is 4.13. The van der Waals surface area contributed by atoms with Gasteiger partial charge in [-0.25, -0.2) is 0 Å². The summed E-state index contributed by atoms with van der Waals surface area (Å²) in [4.78, 5) is 0. The minimum absolute atomic E-state index is 0.587. The lowest BCUT2D eigenvalue weighted by molar-refractivity contribution is -0.0542. The van der Waals surface area contributed by atoms with Gasteiger partial charge in [0.2, 0.25) is 0 Å². The molecule has 3 atom stereocenters. The number of aliphatic hydroxyl groups is 4. The molecule has 5 nitrogen and oxygen atoms in total. The van der Waals surface area contributed by atoms with Gasteiger partial charge in [-0.05, 0) is 0 Å². The van der Waals surface area contributed by atoms with Crippen LogP contribution in [0.5, 0.6) is 0 Å². The molecule has 5 heteroatoms. The Morgan fingerprint density at radius 3 is 2.10 bits per heavy atom. The van der Waals surface area contributed by atoms with Gasteiger partial charge < -0.3 is 25.8 Å². The minimum atomic E-state index is -1.48. The molecule has 60 valence electrons. The maximum absolute atomic E-state index is 8.77. The molecule has 0 aromatic rings. The SMILES string of the molecule is N=C[C@H](O)[C@H](O)[C@H](O)CO. The van der Waals surface area contributed by atoms with Crippen molar-refractivity contribution >= 4 is 6.21 Å². The Bertz CT molecular complexity index is 108. The second kappa shape index (κ2) is 4.35. The quantitative estimate of drug-likeness (QED) is 0.290. The Balaban J connectivity index is 3.80. The second-order valence-electron chi connectivity index (χ2n) is 1.90. The molecule has 0 saturated carbocycles. The molecule has 0 amide bonds. The van der Waals surface area contributed by atoms with Gasteiger partial charge in [0.25, 0.3) is 0 Å². The van der Waals surface area contributed by atoms with Crippen LogP contribution in [-0.2, 0) is 0 Å². The third kappa shape index (κ3) is 2.40. The highest BCUT2D eigenvalue weighted by molar-refractivity contribution is 5.59. The van der Waals surface area contributed by atoms with Gasteiger partial charge >= 0.3 is 0 Å². The molecular weight excluding hydrogens is 138 g/mol. The van der Waals surface area contributed by atoms with Gasteiger partial charge in [-0.15, -0.1) is 0 Å². The Morgan fingerprint density at radius 2 is 1.80 bits per heavy atom. The lowest BCUT2D eigenvalue weighted by atomic mass is 10.1. The molecule has 0 aliphatic rings. The lowest BCUT2D eigenvalue weighted by Crippen LogP contribution is -2.40. The van der Waals surface area contributed by atoms with Crippen LogP contribution in [0.3, 0.4) is 0 Å². The summed E-state index contributed by atoms with van der Waals surface area (Å²) >= 11 is 0. The standard InChI is InChI=1S/C5H11NO4/c6-1-3(8)5(10)4(9)2-7/h1,3-10H,2H2/t3-,4+,5-/m0/s1. The smallest absolute Gasteiger partial charge is 0.117 e. The van der Waals surface area contributed by atoms with Gasteiger partial charge in [0.15, 0.2) is 0 Å². The van der Waals surface area contributed by atoms with Gasteiger partial charge in [-0.1, -0.05) is 0 Å². The van der Waals surface area contributed by atoms with E-state index in [2.05, 4.69) is 0 Å². The predicted molar refractivity (Wildman–Crippen MR) is 33.9 cm³/mol. The molecule has 5 N–H and O–H groups in total. The van der Waals surface area contributed by atoms with Crippen LogP contribution in [-0.4, -0.2) is 51.6 Å². The number of hydrogen-bond acceptors (Lipinski definition) is 5. The molecule has 0 aliphatic carbocycles. The van der Waals surface area contributed by atoms with Crippen molar-refractivity contribution in [3.05, 3.63) is 0 Å². The van der Waals surface area contributed by atoms with Gasteiger partial charge in [-0.3, -0.25) is 0 Å². The van der Waals surface area contributed by atoms with Crippen LogP contribution in [0.25, 0.3) is 0 Å². The average molecular weight is 149 g/mol. The molecule has 0 spiro atoms. The summed E-state index contributed by atoms with van der Waals surface area (Å²) in [6.07, 6.45) is -3.70. The summed E-state index contributed by atoms with van der Waals surface area (Å²) in [5, 5.41) is 40.8. The van der Waals surface area contributed by atoms with Crippen LogP contribution in [0.2, 0.25) is 0 Å². The van der Waals surface area contributed by atoms with Crippen LogP contribution in [0.1, 0.15) is 0 Å². The Hall–Kier alpha value is -0.490. The van der Waals surface area contributed by atoms with E-state index in [4.69, 9.17) is 25.8 Å². The molecule has 0 unspecified atom stereocenters. The van der Waals surface area contributed by atoms with Gasteiger partial charge in [0.05, 0.1) is 6.61 Å². The first kappa shape index (κ1) is 9.51. The van der Waals surface area contributed by atoms with E-state index >= 15 is 0 Å². The maximum Gasteiger partial charge on any atom is 0.117 e. The lowest BCUT2D eigenvalue weighted by Gasteiger charge is -2.17. The Morgan fingerprint density at radius 1 is 1.30 bits per heavy atom. The molecule has 0 aromatic heterocycles. The van der Waals surface area contributed by atoms with Crippen molar-refractivity contribution in [2.24, 2.45) is 0 Å². The summed E-state index contributed by atoms with van der Waals surface area (Å²) in [6, 6.07) is 0. The first-order chi connectivity index (χ1) is 4.63. The number of rotatable bonds is 4. The first-order valence-electron chi connectivity index (χ1n) is 2.79. The fourth-order valence-corrected chi connectivity index (χ4v) is 0.434. The van der Waals surface area contributed by atoms with Crippen LogP contribution in [0.4, 0.5) is 0 Å². The molecule has 0 bridgehead atoms. The first-order valence-corrected chi connectivity index (χ1v) is 2.79. The molecular formula is C5H11NO4. The number of hydrogen-bond donors (Lipinski definition) is 5. The fraction of sp³-hybridized carbons (Fsp3) is 0.800. The molecule has 0 fully saturated rings. The third-order valence-electron chi connectivity index (χ3n) is 1.10. The highest BCUT2D eigenvalue weighted by atomic mass is 16.4. The summed E-state index contributed by atoms with van der Waals surface area (Å²) in [5.74, 6) is 0. The number of aliphatic hydroxyl groups excluding tert-OH is 4. The van der Waals surface area contributed by atoms with E-state index in [1.165, 1.54) is 0 Å². The van der Waals surface area contributed by atoms with Gasteiger partial charge in [-0.2, -0.15) is 0 Å². The highest BCUT2D eigenvalue weighted by Gasteiger charge is 2.21. The van der Waals surface area contributed by atoms with Crippen LogP contribution >= 0.6 is 0 Å². The van der Waals surface area contributed by atoms with Gasteiger partial charge in [0, 0.05) is 6.21 Å². The molecule has 0 heterocycles. The summed E-state index contributed by atoms with van der Waals surface area (Å²) in [5.41, 5.74) is 0. The Labute approximate surface area is 58.1 Å². The molecule has 0 aromatic carbocycles. The zero-order valence-corrected chi connectivity index (χ0v) is 5.31. The molecule has 0 saturated heterocycles. The average Bonchev–Trinajstić information content (AvgIpc) is 2.00. The summed E-state index contributed by atoms with van der Waals surface area (Å²) in [6.45, 7) is -0.633. The summed E-state index contributed by atoms with van der Waals surface area (Å²) in [7, 11) is 0. The molecule has 0 aliphatic heterocycles. The van der Waals surface area contributed by atoms with E-state index in [1.807, 2.05) is 0 Å². The number of nitrogens with one attached hydrogen (secondary N) is 1.